The molecule has 122 valence electrons. The Morgan fingerprint density at radius 1 is 1.26 bits per heavy atom. The van der Waals surface area contributed by atoms with E-state index >= 15 is 0 Å². The number of amides is 1. The topological polar surface area (TPSA) is 38.1 Å². The molecule has 1 aromatic heterocycles. The van der Waals surface area contributed by atoms with Gasteiger partial charge < -0.3 is 4.90 Å². The van der Waals surface area contributed by atoms with Gasteiger partial charge in [0.05, 0.1) is 23.1 Å². The van der Waals surface area contributed by atoms with Crippen molar-refractivity contribution >= 4 is 5.91 Å². The zero-order valence-electron chi connectivity index (χ0n) is 13.5. The van der Waals surface area contributed by atoms with Crippen molar-refractivity contribution in [3.05, 3.63) is 47.5 Å². The molecule has 0 spiro atoms. The smallest absolute Gasteiger partial charge is 0.257 e. The number of halogens is 1. The van der Waals surface area contributed by atoms with Gasteiger partial charge in [-0.25, -0.2) is 9.07 Å². The highest BCUT2D eigenvalue weighted by Crippen LogP contribution is 2.21. The lowest BCUT2D eigenvalue weighted by molar-refractivity contribution is 0.0723. The number of benzene rings is 1. The number of carbonyl (C=O) groups is 1. The second kappa shape index (κ2) is 6.94. The molecular weight excluding hydrogens is 293 g/mol. The highest BCUT2D eigenvalue weighted by molar-refractivity contribution is 5.95. The molecule has 1 fully saturated rings. The third kappa shape index (κ3) is 3.28. The molecule has 2 heterocycles. The maximum absolute atomic E-state index is 13.5. The van der Waals surface area contributed by atoms with Gasteiger partial charge in [0, 0.05) is 13.1 Å². The summed E-state index contributed by atoms with van der Waals surface area (Å²) < 4.78 is 15.2. The van der Waals surface area contributed by atoms with Crippen molar-refractivity contribution in [3.63, 3.8) is 0 Å². The summed E-state index contributed by atoms with van der Waals surface area (Å²) in [6.45, 7) is 3.70. The van der Waals surface area contributed by atoms with Gasteiger partial charge >= 0.3 is 0 Å². The first kappa shape index (κ1) is 15.7. The minimum absolute atomic E-state index is 0.0517. The van der Waals surface area contributed by atoms with Gasteiger partial charge in [0.15, 0.2) is 0 Å². The summed E-state index contributed by atoms with van der Waals surface area (Å²) in [5, 5.41) is 4.36. The third-order valence-electron chi connectivity index (χ3n) is 4.28. The van der Waals surface area contributed by atoms with Crippen LogP contribution < -0.4 is 0 Å². The summed E-state index contributed by atoms with van der Waals surface area (Å²) in [5.41, 5.74) is 2.18. The van der Waals surface area contributed by atoms with Crippen LogP contribution in [0.4, 0.5) is 4.39 Å². The van der Waals surface area contributed by atoms with E-state index < -0.39 is 0 Å². The standard InChI is InChI=1S/C18H22FN3O/c1-2-7-17-16(18(23)21-10-4-3-5-11-21)13-20-22(17)15-9-6-8-14(19)12-15/h6,8-9,12-13H,2-5,7,10-11H2,1H3. The molecular formula is C18H22FN3O. The summed E-state index contributed by atoms with van der Waals surface area (Å²) in [7, 11) is 0. The van der Waals surface area contributed by atoms with Crippen LogP contribution in [0.15, 0.2) is 30.5 Å². The maximum atomic E-state index is 13.5. The molecule has 1 aromatic carbocycles. The van der Waals surface area contributed by atoms with E-state index in [0.29, 0.717) is 11.3 Å². The maximum Gasteiger partial charge on any atom is 0.257 e. The van der Waals surface area contributed by atoms with Gasteiger partial charge in [-0.15, -0.1) is 0 Å². The van der Waals surface area contributed by atoms with Crippen molar-refractivity contribution in [2.45, 2.75) is 39.0 Å². The van der Waals surface area contributed by atoms with Crippen molar-refractivity contribution in [1.82, 2.24) is 14.7 Å². The number of nitrogens with zero attached hydrogens (tertiary/aromatic N) is 3. The van der Waals surface area contributed by atoms with Crippen molar-refractivity contribution in [2.75, 3.05) is 13.1 Å². The molecule has 1 saturated heterocycles. The molecule has 0 radical (unpaired) electrons. The molecule has 0 unspecified atom stereocenters. The van der Waals surface area contributed by atoms with Crippen molar-refractivity contribution in [3.8, 4) is 5.69 Å². The zero-order valence-corrected chi connectivity index (χ0v) is 13.5. The van der Waals surface area contributed by atoms with E-state index in [1.54, 1.807) is 16.9 Å². The molecule has 0 bridgehead atoms. The lowest BCUT2D eigenvalue weighted by Crippen LogP contribution is -2.36. The van der Waals surface area contributed by atoms with Gasteiger partial charge in [0.2, 0.25) is 0 Å². The fourth-order valence-corrected chi connectivity index (χ4v) is 3.13. The molecule has 0 aliphatic carbocycles. The monoisotopic (exact) mass is 315 g/mol. The Labute approximate surface area is 135 Å². The largest absolute Gasteiger partial charge is 0.339 e. The Balaban J connectivity index is 1.96. The van der Waals surface area contributed by atoms with Gasteiger partial charge in [-0.2, -0.15) is 5.10 Å². The number of carbonyl (C=O) groups excluding carboxylic acids is 1. The Hall–Kier alpha value is -2.17. The number of hydrogen-bond acceptors (Lipinski definition) is 2. The SMILES string of the molecule is CCCc1c(C(=O)N2CCCCC2)cnn1-c1cccc(F)c1. The Morgan fingerprint density at radius 3 is 2.74 bits per heavy atom. The van der Waals surface area contributed by atoms with E-state index in [0.717, 1.165) is 44.5 Å². The Bertz CT molecular complexity index is 689. The van der Waals surface area contributed by atoms with Crippen LogP contribution in [0.1, 0.15) is 48.7 Å². The quantitative estimate of drug-likeness (QED) is 0.865. The van der Waals surface area contributed by atoms with E-state index in [2.05, 4.69) is 12.0 Å². The molecule has 2 aromatic rings. The van der Waals surface area contributed by atoms with Crippen molar-refractivity contribution in [1.29, 1.82) is 0 Å². The second-order valence-corrected chi connectivity index (χ2v) is 6.00. The average Bonchev–Trinajstić information content (AvgIpc) is 2.99. The van der Waals surface area contributed by atoms with E-state index in [4.69, 9.17) is 0 Å². The lowest BCUT2D eigenvalue weighted by Gasteiger charge is -2.26. The fraction of sp³-hybridized carbons (Fsp3) is 0.444. The van der Waals surface area contributed by atoms with Crippen LogP contribution in [0.3, 0.4) is 0 Å². The molecule has 1 amide bonds. The normalized spacial score (nSPS) is 15.0. The van der Waals surface area contributed by atoms with Crippen LogP contribution in [0, 0.1) is 5.82 Å². The molecule has 3 rings (SSSR count). The van der Waals surface area contributed by atoms with Gasteiger partial charge in [0.25, 0.3) is 5.91 Å². The summed E-state index contributed by atoms with van der Waals surface area (Å²) in [5.74, 6) is -0.250. The van der Waals surface area contributed by atoms with Gasteiger partial charge in [-0.3, -0.25) is 4.79 Å². The van der Waals surface area contributed by atoms with Crippen LogP contribution in [-0.4, -0.2) is 33.7 Å². The average molecular weight is 315 g/mol. The minimum atomic E-state index is -0.302. The van der Waals surface area contributed by atoms with E-state index in [1.165, 1.54) is 18.6 Å². The number of piperidine rings is 1. The first-order valence-electron chi connectivity index (χ1n) is 8.33. The van der Waals surface area contributed by atoms with Crippen LogP contribution in [0.25, 0.3) is 5.69 Å². The Morgan fingerprint density at radius 2 is 2.04 bits per heavy atom. The van der Waals surface area contributed by atoms with Crippen LogP contribution in [0.2, 0.25) is 0 Å². The number of rotatable bonds is 4. The second-order valence-electron chi connectivity index (χ2n) is 6.00. The highest BCUT2D eigenvalue weighted by atomic mass is 19.1. The van der Waals surface area contributed by atoms with Crippen LogP contribution >= 0.6 is 0 Å². The van der Waals surface area contributed by atoms with Crippen molar-refractivity contribution in [2.24, 2.45) is 0 Å². The minimum Gasteiger partial charge on any atom is -0.339 e. The van der Waals surface area contributed by atoms with Gasteiger partial charge in [-0.1, -0.05) is 19.4 Å². The van der Waals surface area contributed by atoms with E-state index in [1.807, 2.05) is 11.0 Å². The first-order chi connectivity index (χ1) is 11.2. The van der Waals surface area contributed by atoms with Crippen molar-refractivity contribution < 1.29 is 9.18 Å². The summed E-state index contributed by atoms with van der Waals surface area (Å²) in [6, 6.07) is 6.33. The molecule has 0 saturated carbocycles. The summed E-state index contributed by atoms with van der Waals surface area (Å²) >= 11 is 0. The van der Waals surface area contributed by atoms with Crippen LogP contribution in [-0.2, 0) is 6.42 Å². The summed E-state index contributed by atoms with van der Waals surface area (Å²) in [4.78, 5) is 14.7. The predicted molar refractivity (Wildman–Crippen MR) is 87.3 cm³/mol. The first-order valence-corrected chi connectivity index (χ1v) is 8.33. The molecule has 0 N–H and O–H groups in total. The number of likely N-dealkylation sites (tertiary alicyclic amines) is 1. The molecule has 0 atom stereocenters. The van der Waals surface area contributed by atoms with Gasteiger partial charge in [-0.05, 0) is 43.9 Å². The summed E-state index contributed by atoms with van der Waals surface area (Å²) in [6.07, 6.45) is 6.59. The lowest BCUT2D eigenvalue weighted by atomic mass is 10.1. The predicted octanol–water partition coefficient (Wildman–Crippen LogP) is 3.59. The zero-order chi connectivity index (χ0) is 16.2. The highest BCUT2D eigenvalue weighted by Gasteiger charge is 2.24. The van der Waals surface area contributed by atoms with Crippen LogP contribution in [0.5, 0.6) is 0 Å². The van der Waals surface area contributed by atoms with Gasteiger partial charge in [0.1, 0.15) is 5.82 Å². The number of hydrogen-bond donors (Lipinski definition) is 0. The molecule has 23 heavy (non-hydrogen) atoms. The molecule has 5 heteroatoms. The fourth-order valence-electron chi connectivity index (χ4n) is 3.13. The molecule has 1 aliphatic rings. The third-order valence-corrected chi connectivity index (χ3v) is 4.28. The van der Waals surface area contributed by atoms with E-state index in [-0.39, 0.29) is 11.7 Å². The molecule has 4 nitrogen and oxygen atoms in total. The Kier molecular flexibility index (Phi) is 4.74. The number of aromatic nitrogens is 2. The van der Waals surface area contributed by atoms with E-state index in [9.17, 15) is 9.18 Å². The molecule has 1 aliphatic heterocycles.